The molecule has 0 spiro atoms. The summed E-state index contributed by atoms with van der Waals surface area (Å²) in [5, 5.41) is 5.26. The number of benzene rings is 1. The largest absolute Gasteiger partial charge is 0.497 e. The first-order valence-corrected chi connectivity index (χ1v) is 7.78. The van der Waals surface area contributed by atoms with E-state index in [0.29, 0.717) is 0 Å². The molecule has 2 heterocycles. The maximum atomic E-state index is 5.19. The van der Waals surface area contributed by atoms with E-state index < -0.39 is 0 Å². The third-order valence-corrected chi connectivity index (χ3v) is 4.39. The van der Waals surface area contributed by atoms with Gasteiger partial charge in [-0.3, -0.25) is 5.43 Å². The van der Waals surface area contributed by atoms with Crippen LogP contribution in [0.3, 0.4) is 0 Å². The summed E-state index contributed by atoms with van der Waals surface area (Å²) in [6.45, 7) is 2.13. The number of thiophene rings is 1. The number of ether oxygens (including phenoxy) is 1. The smallest absolute Gasteiger partial charge is 0.158 e. The molecule has 1 aromatic carbocycles. The Labute approximate surface area is 132 Å². The normalized spacial score (nSPS) is 11.2. The van der Waals surface area contributed by atoms with E-state index >= 15 is 0 Å². The van der Waals surface area contributed by atoms with E-state index in [2.05, 4.69) is 33.5 Å². The Balaban J connectivity index is 1.81. The number of hydrogen-bond donors (Lipinski definition) is 1. The van der Waals surface area contributed by atoms with Gasteiger partial charge in [-0.05, 0) is 30.2 Å². The van der Waals surface area contributed by atoms with E-state index in [1.54, 1.807) is 31.0 Å². The molecule has 3 aromatic rings. The van der Waals surface area contributed by atoms with Gasteiger partial charge in [0.2, 0.25) is 0 Å². The average Bonchev–Trinajstić information content (AvgIpc) is 2.99. The molecule has 0 saturated heterocycles. The van der Waals surface area contributed by atoms with Crippen molar-refractivity contribution in [1.82, 2.24) is 9.97 Å². The number of aromatic nitrogens is 2. The van der Waals surface area contributed by atoms with Gasteiger partial charge in [0.15, 0.2) is 5.82 Å². The molecule has 1 N–H and O–H groups in total. The van der Waals surface area contributed by atoms with Crippen LogP contribution in [0.25, 0.3) is 10.2 Å². The molecule has 0 unspecified atom stereocenters. The highest BCUT2D eigenvalue weighted by molar-refractivity contribution is 7.18. The number of rotatable bonds is 5. The summed E-state index contributed by atoms with van der Waals surface area (Å²) in [6.07, 6.45) is 4.29. The summed E-state index contributed by atoms with van der Waals surface area (Å²) >= 11 is 1.69. The van der Waals surface area contributed by atoms with Gasteiger partial charge in [-0.1, -0.05) is 19.1 Å². The average molecular weight is 312 g/mol. The van der Waals surface area contributed by atoms with Crippen LogP contribution in [0.4, 0.5) is 5.82 Å². The molecule has 0 atom stereocenters. The van der Waals surface area contributed by atoms with Gasteiger partial charge in [0.1, 0.15) is 16.9 Å². The lowest BCUT2D eigenvalue weighted by Gasteiger charge is -2.01. The Bertz CT molecular complexity index is 813. The second-order valence-corrected chi connectivity index (χ2v) is 5.77. The van der Waals surface area contributed by atoms with Gasteiger partial charge in [-0.2, -0.15) is 5.10 Å². The van der Waals surface area contributed by atoms with E-state index in [1.807, 2.05) is 24.3 Å². The molecule has 6 heteroatoms. The highest BCUT2D eigenvalue weighted by Gasteiger charge is 2.06. The second-order valence-electron chi connectivity index (χ2n) is 4.65. The number of methoxy groups -OCH3 is 1. The Morgan fingerprint density at radius 2 is 2.23 bits per heavy atom. The van der Waals surface area contributed by atoms with Crippen molar-refractivity contribution in [3.05, 3.63) is 47.1 Å². The first-order valence-electron chi connectivity index (χ1n) is 6.96. The quantitative estimate of drug-likeness (QED) is 0.576. The predicted molar refractivity (Wildman–Crippen MR) is 91.0 cm³/mol. The standard InChI is InChI=1S/C16H16N4OS/c1-3-13-8-14-15(17-10-18-16(14)22-13)20-19-9-11-5-4-6-12(7-11)21-2/h4-10H,3H2,1-2H3,(H,17,18,20). The Kier molecular flexibility index (Phi) is 4.29. The van der Waals surface area contributed by atoms with Crippen molar-refractivity contribution in [2.24, 2.45) is 5.10 Å². The summed E-state index contributed by atoms with van der Waals surface area (Å²) in [6, 6.07) is 9.82. The first-order chi connectivity index (χ1) is 10.8. The van der Waals surface area contributed by atoms with Gasteiger partial charge in [-0.15, -0.1) is 11.3 Å². The van der Waals surface area contributed by atoms with Crippen molar-refractivity contribution in [2.75, 3.05) is 12.5 Å². The SMILES string of the molecule is CCc1cc2c(NN=Cc3cccc(OC)c3)ncnc2s1. The van der Waals surface area contributed by atoms with Crippen LogP contribution in [-0.4, -0.2) is 23.3 Å². The number of nitrogens with zero attached hydrogens (tertiary/aromatic N) is 3. The van der Waals surface area contributed by atoms with Gasteiger partial charge in [0, 0.05) is 4.88 Å². The van der Waals surface area contributed by atoms with Crippen LogP contribution in [0.1, 0.15) is 17.4 Å². The molecule has 0 aliphatic carbocycles. The second kappa shape index (κ2) is 6.53. The number of hydrogen-bond acceptors (Lipinski definition) is 6. The molecule has 0 bridgehead atoms. The number of anilines is 1. The zero-order valence-corrected chi connectivity index (χ0v) is 13.2. The molecule has 0 aliphatic heterocycles. The maximum absolute atomic E-state index is 5.19. The van der Waals surface area contributed by atoms with Crippen molar-refractivity contribution >= 4 is 33.6 Å². The zero-order chi connectivity index (χ0) is 15.4. The molecule has 5 nitrogen and oxygen atoms in total. The monoisotopic (exact) mass is 312 g/mol. The number of aryl methyl sites for hydroxylation is 1. The third kappa shape index (κ3) is 3.07. The van der Waals surface area contributed by atoms with Crippen LogP contribution in [-0.2, 0) is 6.42 Å². The summed E-state index contributed by atoms with van der Waals surface area (Å²) < 4.78 is 5.19. The molecule has 0 aliphatic rings. The molecule has 2 aromatic heterocycles. The van der Waals surface area contributed by atoms with Crippen molar-refractivity contribution in [3.8, 4) is 5.75 Å². The van der Waals surface area contributed by atoms with E-state index in [4.69, 9.17) is 4.74 Å². The topological polar surface area (TPSA) is 59.4 Å². The van der Waals surface area contributed by atoms with Crippen LogP contribution >= 0.6 is 11.3 Å². The minimum Gasteiger partial charge on any atom is -0.497 e. The molecule has 3 rings (SSSR count). The fraction of sp³-hybridized carbons (Fsp3) is 0.188. The number of fused-ring (bicyclic) bond motifs is 1. The van der Waals surface area contributed by atoms with Crippen molar-refractivity contribution in [1.29, 1.82) is 0 Å². The van der Waals surface area contributed by atoms with Gasteiger partial charge in [-0.25, -0.2) is 9.97 Å². The zero-order valence-electron chi connectivity index (χ0n) is 12.4. The number of hydrazone groups is 1. The lowest BCUT2D eigenvalue weighted by atomic mass is 10.2. The molecule has 0 amide bonds. The van der Waals surface area contributed by atoms with E-state index in [1.165, 1.54) is 4.88 Å². The molecule has 0 saturated carbocycles. The third-order valence-electron chi connectivity index (χ3n) is 3.21. The van der Waals surface area contributed by atoms with Gasteiger partial charge < -0.3 is 4.74 Å². The van der Waals surface area contributed by atoms with Crippen LogP contribution in [0.5, 0.6) is 5.75 Å². The lowest BCUT2D eigenvalue weighted by molar-refractivity contribution is 0.415. The maximum Gasteiger partial charge on any atom is 0.158 e. The van der Waals surface area contributed by atoms with Gasteiger partial charge >= 0.3 is 0 Å². The lowest BCUT2D eigenvalue weighted by Crippen LogP contribution is -1.94. The molecule has 0 radical (unpaired) electrons. The van der Waals surface area contributed by atoms with E-state index in [9.17, 15) is 0 Å². The molecule has 0 fully saturated rings. The van der Waals surface area contributed by atoms with Crippen LogP contribution < -0.4 is 10.2 Å². The summed E-state index contributed by atoms with van der Waals surface area (Å²) in [4.78, 5) is 10.8. The highest BCUT2D eigenvalue weighted by Crippen LogP contribution is 2.28. The minimum absolute atomic E-state index is 0.722. The summed E-state index contributed by atoms with van der Waals surface area (Å²) in [5.41, 5.74) is 3.95. The highest BCUT2D eigenvalue weighted by atomic mass is 32.1. The molecule has 22 heavy (non-hydrogen) atoms. The Hall–Kier alpha value is -2.47. The van der Waals surface area contributed by atoms with Crippen LogP contribution in [0, 0.1) is 0 Å². The summed E-state index contributed by atoms with van der Waals surface area (Å²) in [5.74, 6) is 1.53. The Morgan fingerprint density at radius 3 is 3.05 bits per heavy atom. The summed E-state index contributed by atoms with van der Waals surface area (Å²) in [7, 11) is 1.65. The molecular formula is C16H16N4OS. The minimum atomic E-state index is 0.722. The van der Waals surface area contributed by atoms with Crippen molar-refractivity contribution in [2.45, 2.75) is 13.3 Å². The molecular weight excluding hydrogens is 296 g/mol. The van der Waals surface area contributed by atoms with E-state index in [-0.39, 0.29) is 0 Å². The van der Waals surface area contributed by atoms with Gasteiger partial charge in [0.05, 0.1) is 18.7 Å². The van der Waals surface area contributed by atoms with Crippen LogP contribution in [0.15, 0.2) is 41.8 Å². The fourth-order valence-electron chi connectivity index (χ4n) is 2.06. The fourth-order valence-corrected chi connectivity index (χ4v) is 2.99. The first kappa shape index (κ1) is 14.5. The van der Waals surface area contributed by atoms with Crippen LogP contribution in [0.2, 0.25) is 0 Å². The van der Waals surface area contributed by atoms with E-state index in [0.717, 1.165) is 33.8 Å². The Morgan fingerprint density at radius 1 is 1.32 bits per heavy atom. The number of nitrogens with one attached hydrogen (secondary N) is 1. The molecule has 112 valence electrons. The predicted octanol–water partition coefficient (Wildman–Crippen LogP) is 3.71. The van der Waals surface area contributed by atoms with Crippen molar-refractivity contribution < 1.29 is 4.74 Å². The van der Waals surface area contributed by atoms with Crippen molar-refractivity contribution in [3.63, 3.8) is 0 Å². The van der Waals surface area contributed by atoms with Gasteiger partial charge in [0.25, 0.3) is 0 Å².